The lowest BCUT2D eigenvalue weighted by Crippen LogP contribution is -1.96. The fourth-order valence-electron chi connectivity index (χ4n) is 2.01. The van der Waals surface area contributed by atoms with Crippen LogP contribution in [0.3, 0.4) is 0 Å². The molecule has 1 aromatic carbocycles. The van der Waals surface area contributed by atoms with Gasteiger partial charge in [0.2, 0.25) is 0 Å². The predicted molar refractivity (Wildman–Crippen MR) is 80.7 cm³/mol. The predicted octanol–water partition coefficient (Wildman–Crippen LogP) is 5.35. The van der Waals surface area contributed by atoms with Crippen LogP contribution in [-0.2, 0) is 6.42 Å². The summed E-state index contributed by atoms with van der Waals surface area (Å²) in [4.78, 5) is 1.28. The molecule has 0 spiro atoms. The highest BCUT2D eigenvalue weighted by molar-refractivity contribution is 7.80. The van der Waals surface area contributed by atoms with Gasteiger partial charge in [-0.3, -0.25) is 0 Å². The molecule has 0 radical (unpaired) electrons. The molecule has 0 nitrogen and oxygen atoms in total. The molecule has 17 heavy (non-hydrogen) atoms. The van der Waals surface area contributed by atoms with Crippen molar-refractivity contribution < 1.29 is 0 Å². The lowest BCUT2D eigenvalue weighted by Gasteiger charge is -2.04. The Hall–Kier alpha value is -0.690. The van der Waals surface area contributed by atoms with Crippen molar-refractivity contribution in [3.05, 3.63) is 35.9 Å². The highest BCUT2D eigenvalue weighted by Gasteiger charge is 1.98. The van der Waals surface area contributed by atoms with E-state index in [-0.39, 0.29) is 0 Å². The monoisotopic (exact) mass is 248 g/mol. The fraction of sp³-hybridized carbons (Fsp3) is 0.562. The first kappa shape index (κ1) is 14.4. The van der Waals surface area contributed by atoms with Crippen molar-refractivity contribution in [1.29, 1.82) is 0 Å². The number of hydrogen-bond donors (Lipinski definition) is 0. The Bertz CT molecular complexity index is 303. The van der Waals surface area contributed by atoms with Crippen LogP contribution in [0, 0.1) is 0 Å². The van der Waals surface area contributed by atoms with E-state index in [9.17, 15) is 0 Å². The van der Waals surface area contributed by atoms with Gasteiger partial charge in [0.25, 0.3) is 0 Å². The zero-order valence-electron chi connectivity index (χ0n) is 11.0. The molecule has 1 rings (SSSR count). The molecule has 1 aromatic rings. The molecule has 0 saturated heterocycles. The first-order valence-electron chi connectivity index (χ1n) is 6.88. The second-order valence-corrected chi connectivity index (χ2v) is 5.27. The molecule has 0 N–H and O–H groups in total. The molecule has 0 atom stereocenters. The summed E-state index contributed by atoms with van der Waals surface area (Å²) in [6.07, 6.45) is 9.94. The Morgan fingerprint density at radius 2 is 1.65 bits per heavy atom. The van der Waals surface area contributed by atoms with Crippen LogP contribution < -0.4 is 0 Å². The van der Waals surface area contributed by atoms with Gasteiger partial charge in [-0.1, -0.05) is 68.7 Å². The van der Waals surface area contributed by atoms with Gasteiger partial charge in [0, 0.05) is 0 Å². The summed E-state index contributed by atoms with van der Waals surface area (Å²) in [5.41, 5.74) is 1.43. The largest absolute Gasteiger partial charge is 0.0897 e. The van der Waals surface area contributed by atoms with Gasteiger partial charge in [-0.2, -0.15) is 0 Å². The SMILES string of the molecule is CCCCCCC(=S)CCCc1ccccc1. The Balaban J connectivity index is 2.04. The van der Waals surface area contributed by atoms with Gasteiger partial charge < -0.3 is 0 Å². The molecule has 0 unspecified atom stereocenters. The van der Waals surface area contributed by atoms with Crippen LogP contribution in [0.1, 0.15) is 57.4 Å². The van der Waals surface area contributed by atoms with E-state index in [2.05, 4.69) is 37.3 Å². The van der Waals surface area contributed by atoms with E-state index in [4.69, 9.17) is 12.2 Å². The van der Waals surface area contributed by atoms with E-state index in [1.165, 1.54) is 42.5 Å². The second kappa shape index (κ2) is 9.35. The Morgan fingerprint density at radius 1 is 0.941 bits per heavy atom. The minimum Gasteiger partial charge on any atom is -0.0897 e. The van der Waals surface area contributed by atoms with Crippen LogP contribution in [0.2, 0.25) is 0 Å². The second-order valence-electron chi connectivity index (χ2n) is 4.69. The van der Waals surface area contributed by atoms with E-state index in [1.807, 2.05) is 0 Å². The summed E-state index contributed by atoms with van der Waals surface area (Å²) >= 11 is 5.42. The molecule has 0 aliphatic carbocycles. The van der Waals surface area contributed by atoms with E-state index >= 15 is 0 Å². The van der Waals surface area contributed by atoms with Crippen molar-refractivity contribution in [3.63, 3.8) is 0 Å². The third-order valence-electron chi connectivity index (χ3n) is 3.07. The molecular weight excluding hydrogens is 224 g/mol. The van der Waals surface area contributed by atoms with Gasteiger partial charge in [-0.15, -0.1) is 0 Å². The van der Waals surface area contributed by atoms with Crippen LogP contribution in [0.4, 0.5) is 0 Å². The summed E-state index contributed by atoms with van der Waals surface area (Å²) in [5, 5.41) is 0. The third kappa shape index (κ3) is 7.27. The summed E-state index contributed by atoms with van der Waals surface area (Å²) in [5.74, 6) is 0. The van der Waals surface area contributed by atoms with Crippen molar-refractivity contribution in [2.75, 3.05) is 0 Å². The summed E-state index contributed by atoms with van der Waals surface area (Å²) in [6, 6.07) is 10.7. The zero-order chi connectivity index (χ0) is 12.3. The standard InChI is InChI=1S/C16H24S/c1-2-3-4-8-13-16(17)14-9-12-15-10-6-5-7-11-15/h5-7,10-11H,2-4,8-9,12-14H2,1H3. The van der Waals surface area contributed by atoms with Gasteiger partial charge in [0.15, 0.2) is 0 Å². The van der Waals surface area contributed by atoms with Crippen LogP contribution in [0.15, 0.2) is 30.3 Å². The summed E-state index contributed by atoms with van der Waals surface area (Å²) < 4.78 is 0. The van der Waals surface area contributed by atoms with Crippen LogP contribution in [0.25, 0.3) is 0 Å². The molecule has 0 amide bonds. The summed E-state index contributed by atoms with van der Waals surface area (Å²) in [7, 11) is 0. The summed E-state index contributed by atoms with van der Waals surface area (Å²) in [6.45, 7) is 2.25. The quantitative estimate of drug-likeness (QED) is 0.419. The number of thiocarbonyl (C=S) groups is 1. The Labute approximate surface area is 111 Å². The molecule has 0 aromatic heterocycles. The van der Waals surface area contributed by atoms with Crippen molar-refractivity contribution in [3.8, 4) is 0 Å². The van der Waals surface area contributed by atoms with Gasteiger partial charge >= 0.3 is 0 Å². The van der Waals surface area contributed by atoms with Crippen molar-refractivity contribution in [1.82, 2.24) is 0 Å². The molecule has 0 heterocycles. The zero-order valence-corrected chi connectivity index (χ0v) is 11.8. The lowest BCUT2D eigenvalue weighted by atomic mass is 10.0. The first-order chi connectivity index (χ1) is 8.33. The van der Waals surface area contributed by atoms with Crippen LogP contribution in [0.5, 0.6) is 0 Å². The molecular formula is C16H24S. The smallest absolute Gasteiger partial charge is 0.00714 e. The maximum atomic E-state index is 5.42. The maximum absolute atomic E-state index is 5.42. The van der Waals surface area contributed by atoms with Gasteiger partial charge in [-0.25, -0.2) is 0 Å². The average molecular weight is 248 g/mol. The van der Waals surface area contributed by atoms with E-state index in [0.717, 1.165) is 19.3 Å². The molecule has 0 fully saturated rings. The van der Waals surface area contributed by atoms with Crippen molar-refractivity contribution >= 4 is 17.1 Å². The average Bonchev–Trinajstić information content (AvgIpc) is 2.36. The Kier molecular flexibility index (Phi) is 7.91. The topological polar surface area (TPSA) is 0 Å². The third-order valence-corrected chi connectivity index (χ3v) is 3.48. The van der Waals surface area contributed by atoms with Crippen molar-refractivity contribution in [2.45, 2.75) is 58.3 Å². The lowest BCUT2D eigenvalue weighted by molar-refractivity contribution is 0.680. The highest BCUT2D eigenvalue weighted by atomic mass is 32.1. The van der Waals surface area contributed by atoms with E-state index in [0.29, 0.717) is 0 Å². The van der Waals surface area contributed by atoms with Gasteiger partial charge in [0.05, 0.1) is 0 Å². The maximum Gasteiger partial charge on any atom is -0.00714 e. The number of hydrogen-bond acceptors (Lipinski definition) is 1. The molecule has 1 heteroatoms. The van der Waals surface area contributed by atoms with Crippen molar-refractivity contribution in [2.24, 2.45) is 0 Å². The number of unbranched alkanes of at least 4 members (excludes halogenated alkanes) is 3. The minimum absolute atomic E-state index is 1.12. The number of benzene rings is 1. The minimum atomic E-state index is 1.12. The molecule has 0 saturated carbocycles. The number of rotatable bonds is 9. The van der Waals surface area contributed by atoms with E-state index < -0.39 is 0 Å². The highest BCUT2D eigenvalue weighted by Crippen LogP contribution is 2.10. The number of aryl methyl sites for hydroxylation is 1. The first-order valence-corrected chi connectivity index (χ1v) is 7.29. The van der Waals surface area contributed by atoms with E-state index in [1.54, 1.807) is 0 Å². The van der Waals surface area contributed by atoms with Crippen LogP contribution >= 0.6 is 12.2 Å². The molecule has 0 aliphatic rings. The Morgan fingerprint density at radius 3 is 2.35 bits per heavy atom. The molecule has 0 bridgehead atoms. The van der Waals surface area contributed by atoms with Gasteiger partial charge in [-0.05, 0) is 42.5 Å². The van der Waals surface area contributed by atoms with Gasteiger partial charge in [0.1, 0.15) is 0 Å². The molecule has 0 aliphatic heterocycles. The fourth-order valence-corrected chi connectivity index (χ4v) is 2.30. The normalized spacial score (nSPS) is 10.4. The van der Waals surface area contributed by atoms with Crippen LogP contribution in [-0.4, -0.2) is 4.86 Å². The molecule has 94 valence electrons.